The lowest BCUT2D eigenvalue weighted by Crippen LogP contribution is -2.48. The van der Waals surface area contributed by atoms with Crippen LogP contribution in [0.2, 0.25) is 0 Å². The molecule has 0 aliphatic carbocycles. The molecule has 0 aromatic heterocycles. The van der Waals surface area contributed by atoms with Crippen molar-refractivity contribution in [1.29, 1.82) is 0 Å². The number of nitrogens with zero attached hydrogens (tertiary/aromatic N) is 2. The predicted octanol–water partition coefficient (Wildman–Crippen LogP) is -1.34. The maximum absolute atomic E-state index is 12.1. The van der Waals surface area contributed by atoms with Crippen LogP contribution in [-0.4, -0.2) is 69.8 Å². The van der Waals surface area contributed by atoms with Gasteiger partial charge in [-0.05, 0) is 6.42 Å². The number of β-amino-alcohol motifs (C(OH)–C–C–N with tert-alkyl or cyclic N) is 1. The Morgan fingerprint density at radius 1 is 1.29 bits per heavy atom. The smallest absolute Gasteiger partial charge is 0.326 e. The van der Waals surface area contributed by atoms with E-state index in [-0.39, 0.29) is 25.0 Å². The summed E-state index contributed by atoms with van der Waals surface area (Å²) in [6, 6.07) is -1.29. The van der Waals surface area contributed by atoms with E-state index in [2.05, 4.69) is 0 Å². The van der Waals surface area contributed by atoms with Crippen molar-refractivity contribution in [3.63, 3.8) is 0 Å². The molecule has 7 heteroatoms. The van der Waals surface area contributed by atoms with Crippen molar-refractivity contribution in [3.8, 4) is 0 Å². The zero-order valence-electron chi connectivity index (χ0n) is 9.45. The van der Waals surface area contributed by atoms with Gasteiger partial charge in [-0.2, -0.15) is 0 Å². The quantitative estimate of drug-likeness (QED) is 0.528. The third-order valence-electron chi connectivity index (χ3n) is 3.30. The molecular weight excluding hydrogens is 226 g/mol. The number of urea groups is 1. The third kappa shape index (κ3) is 2.34. The second kappa shape index (κ2) is 4.50. The molecule has 0 spiro atoms. The van der Waals surface area contributed by atoms with Crippen LogP contribution in [0.5, 0.6) is 0 Å². The summed E-state index contributed by atoms with van der Waals surface area (Å²) in [5.74, 6) is -1.07. The van der Waals surface area contributed by atoms with Gasteiger partial charge in [-0.3, -0.25) is 0 Å². The molecule has 4 N–H and O–H groups in total. The van der Waals surface area contributed by atoms with Crippen LogP contribution in [0, 0.1) is 0 Å². The number of aliphatic hydroxyl groups is 1. The Morgan fingerprint density at radius 3 is 2.53 bits per heavy atom. The standard InChI is InChI=1S/C10H17N3O4/c11-6-1-2-12(4-6)10(17)13-5-7(14)3-8(13)9(15)16/h6-8,14H,1-5,11H2,(H,15,16)/t6?,7?,8-/m0/s1. The van der Waals surface area contributed by atoms with Crippen molar-refractivity contribution in [2.45, 2.75) is 31.0 Å². The Bertz CT molecular complexity index is 336. The summed E-state index contributed by atoms with van der Waals surface area (Å²) < 4.78 is 0. The molecule has 2 fully saturated rings. The minimum Gasteiger partial charge on any atom is -0.480 e. The highest BCUT2D eigenvalue weighted by atomic mass is 16.4. The normalized spacial score (nSPS) is 33.2. The minimum atomic E-state index is -1.07. The summed E-state index contributed by atoms with van der Waals surface area (Å²) in [5.41, 5.74) is 5.71. The summed E-state index contributed by atoms with van der Waals surface area (Å²) >= 11 is 0. The van der Waals surface area contributed by atoms with Crippen LogP contribution >= 0.6 is 0 Å². The molecule has 3 atom stereocenters. The van der Waals surface area contributed by atoms with E-state index in [1.54, 1.807) is 4.90 Å². The molecular formula is C10H17N3O4. The number of carbonyl (C=O) groups excluding carboxylic acids is 1. The number of rotatable bonds is 1. The predicted molar refractivity (Wildman–Crippen MR) is 58.3 cm³/mol. The number of aliphatic carboxylic acids is 1. The van der Waals surface area contributed by atoms with Crippen molar-refractivity contribution >= 4 is 12.0 Å². The van der Waals surface area contributed by atoms with Crippen LogP contribution in [0.1, 0.15) is 12.8 Å². The highest BCUT2D eigenvalue weighted by Gasteiger charge is 2.41. The molecule has 0 aromatic carbocycles. The highest BCUT2D eigenvalue weighted by molar-refractivity contribution is 5.83. The first kappa shape index (κ1) is 12.1. The van der Waals surface area contributed by atoms with Gasteiger partial charge in [-0.15, -0.1) is 0 Å². The Kier molecular flexibility index (Phi) is 3.21. The number of likely N-dealkylation sites (tertiary alicyclic amines) is 2. The number of amides is 2. The van der Waals surface area contributed by atoms with E-state index < -0.39 is 18.1 Å². The molecule has 2 amide bonds. The Morgan fingerprint density at radius 2 is 2.00 bits per heavy atom. The van der Waals surface area contributed by atoms with E-state index in [9.17, 15) is 14.7 Å². The first-order valence-electron chi connectivity index (χ1n) is 5.71. The van der Waals surface area contributed by atoms with E-state index in [0.717, 1.165) is 6.42 Å². The monoisotopic (exact) mass is 243 g/mol. The zero-order chi connectivity index (χ0) is 12.6. The van der Waals surface area contributed by atoms with E-state index in [0.29, 0.717) is 13.1 Å². The van der Waals surface area contributed by atoms with Gasteiger partial charge in [0.15, 0.2) is 0 Å². The van der Waals surface area contributed by atoms with Crippen molar-refractivity contribution in [2.75, 3.05) is 19.6 Å². The fourth-order valence-electron chi connectivity index (χ4n) is 2.40. The Labute approximate surface area is 98.8 Å². The average Bonchev–Trinajstić information content (AvgIpc) is 2.83. The van der Waals surface area contributed by atoms with Gasteiger partial charge < -0.3 is 25.7 Å². The Balaban J connectivity index is 2.05. The summed E-state index contributed by atoms with van der Waals surface area (Å²) in [6.45, 7) is 1.10. The molecule has 0 aromatic rings. The van der Waals surface area contributed by atoms with Crippen molar-refractivity contribution in [3.05, 3.63) is 0 Å². The molecule has 7 nitrogen and oxygen atoms in total. The van der Waals surface area contributed by atoms with Crippen molar-refractivity contribution < 1.29 is 19.8 Å². The van der Waals surface area contributed by atoms with Gasteiger partial charge in [-0.25, -0.2) is 9.59 Å². The number of carboxylic acid groups (broad SMARTS) is 1. The van der Waals surface area contributed by atoms with Gasteiger partial charge in [0.05, 0.1) is 6.10 Å². The third-order valence-corrected chi connectivity index (χ3v) is 3.30. The van der Waals surface area contributed by atoms with E-state index >= 15 is 0 Å². The molecule has 0 bridgehead atoms. The lowest BCUT2D eigenvalue weighted by Gasteiger charge is -2.27. The number of aliphatic hydroxyl groups excluding tert-OH is 1. The second-order valence-electron chi connectivity index (χ2n) is 4.67. The van der Waals surface area contributed by atoms with Crippen LogP contribution in [0.4, 0.5) is 4.79 Å². The molecule has 2 saturated heterocycles. The van der Waals surface area contributed by atoms with Gasteiger partial charge in [0.25, 0.3) is 0 Å². The van der Waals surface area contributed by atoms with E-state index in [4.69, 9.17) is 10.8 Å². The topological polar surface area (TPSA) is 107 Å². The van der Waals surface area contributed by atoms with E-state index in [1.165, 1.54) is 4.90 Å². The van der Waals surface area contributed by atoms with Gasteiger partial charge in [-0.1, -0.05) is 0 Å². The van der Waals surface area contributed by atoms with Gasteiger partial charge in [0.2, 0.25) is 0 Å². The molecule has 17 heavy (non-hydrogen) atoms. The average molecular weight is 243 g/mol. The molecule has 2 heterocycles. The minimum absolute atomic E-state index is 0.0326. The summed E-state index contributed by atoms with van der Waals surface area (Å²) in [4.78, 5) is 25.8. The molecule has 2 aliphatic rings. The molecule has 2 aliphatic heterocycles. The first-order valence-corrected chi connectivity index (χ1v) is 5.71. The fraction of sp³-hybridized carbons (Fsp3) is 0.800. The number of nitrogens with two attached hydrogens (primary N) is 1. The van der Waals surface area contributed by atoms with Crippen LogP contribution in [0.3, 0.4) is 0 Å². The zero-order valence-corrected chi connectivity index (χ0v) is 9.45. The maximum atomic E-state index is 12.1. The summed E-state index contributed by atoms with van der Waals surface area (Å²) in [7, 11) is 0. The highest BCUT2D eigenvalue weighted by Crippen LogP contribution is 2.21. The lowest BCUT2D eigenvalue weighted by molar-refractivity contribution is -0.141. The van der Waals surface area contributed by atoms with Gasteiger partial charge >= 0.3 is 12.0 Å². The van der Waals surface area contributed by atoms with Crippen LogP contribution < -0.4 is 5.73 Å². The lowest BCUT2D eigenvalue weighted by atomic mass is 10.2. The van der Waals surface area contributed by atoms with Gasteiger partial charge in [0.1, 0.15) is 6.04 Å². The summed E-state index contributed by atoms with van der Waals surface area (Å²) in [6.07, 6.45) is 0.0808. The Hall–Kier alpha value is -1.34. The van der Waals surface area contributed by atoms with Crippen molar-refractivity contribution in [1.82, 2.24) is 9.80 Å². The molecule has 2 rings (SSSR count). The maximum Gasteiger partial charge on any atom is 0.326 e. The molecule has 0 saturated carbocycles. The first-order chi connectivity index (χ1) is 7.99. The van der Waals surface area contributed by atoms with Crippen molar-refractivity contribution in [2.24, 2.45) is 5.73 Å². The molecule has 2 unspecified atom stereocenters. The largest absolute Gasteiger partial charge is 0.480 e. The number of carbonyl (C=O) groups is 2. The second-order valence-corrected chi connectivity index (χ2v) is 4.67. The molecule has 0 radical (unpaired) electrons. The number of hydrogen-bond acceptors (Lipinski definition) is 4. The SMILES string of the molecule is NC1CCN(C(=O)N2CC(O)C[C@H]2C(=O)O)C1. The summed E-state index contributed by atoms with van der Waals surface area (Å²) in [5, 5.41) is 18.5. The van der Waals surface area contributed by atoms with Crippen LogP contribution in [0.25, 0.3) is 0 Å². The van der Waals surface area contributed by atoms with Gasteiger partial charge in [0, 0.05) is 32.1 Å². The van der Waals surface area contributed by atoms with E-state index in [1.807, 2.05) is 0 Å². The molecule has 96 valence electrons. The van der Waals surface area contributed by atoms with Crippen LogP contribution in [0.15, 0.2) is 0 Å². The number of hydrogen-bond donors (Lipinski definition) is 3. The number of carboxylic acids is 1. The van der Waals surface area contributed by atoms with Crippen LogP contribution in [-0.2, 0) is 4.79 Å². The fourth-order valence-corrected chi connectivity index (χ4v) is 2.40.